The summed E-state index contributed by atoms with van der Waals surface area (Å²) in [5.74, 6) is 0.890. The van der Waals surface area contributed by atoms with Crippen LogP contribution in [0.1, 0.15) is 5.56 Å². The van der Waals surface area contributed by atoms with Crippen molar-refractivity contribution < 1.29 is 0 Å². The lowest BCUT2D eigenvalue weighted by Crippen LogP contribution is -2.00. The predicted octanol–water partition coefficient (Wildman–Crippen LogP) is 3.42. The Morgan fingerprint density at radius 2 is 2.00 bits per heavy atom. The summed E-state index contributed by atoms with van der Waals surface area (Å²) >= 11 is 13.1. The van der Waals surface area contributed by atoms with Crippen molar-refractivity contribution in [2.75, 3.05) is 5.32 Å². The maximum Gasteiger partial charge on any atom is 0.234 e. The molecule has 0 aromatic carbocycles. The van der Waals surface area contributed by atoms with Crippen LogP contribution in [0, 0.1) is 0 Å². The molecule has 0 aliphatic rings. The lowest BCUT2D eigenvalue weighted by atomic mass is 10.2. The van der Waals surface area contributed by atoms with E-state index < -0.39 is 0 Å². The largest absolute Gasteiger partial charge is 0.335 e. The molecule has 21 heavy (non-hydrogen) atoms. The summed E-state index contributed by atoms with van der Waals surface area (Å²) in [5.41, 5.74) is 1.32. The fourth-order valence-electron chi connectivity index (χ4n) is 1.74. The smallest absolute Gasteiger partial charge is 0.234 e. The number of aryl methyl sites for hydroxylation is 2. The van der Waals surface area contributed by atoms with E-state index in [1.165, 1.54) is 5.56 Å². The van der Waals surface area contributed by atoms with Gasteiger partial charge in [-0.15, -0.1) is 0 Å². The zero-order valence-electron chi connectivity index (χ0n) is 10.7. The first-order valence-electron chi connectivity index (χ1n) is 6.06. The van der Waals surface area contributed by atoms with E-state index in [1.54, 1.807) is 17.7 Å². The van der Waals surface area contributed by atoms with Gasteiger partial charge < -0.3 is 9.88 Å². The normalized spacial score (nSPS) is 10.8. The first-order valence-corrected chi connectivity index (χ1v) is 7.76. The molecule has 0 bridgehead atoms. The lowest BCUT2D eigenvalue weighted by Gasteiger charge is -2.01. The van der Waals surface area contributed by atoms with Crippen LogP contribution >= 0.6 is 34.5 Å². The van der Waals surface area contributed by atoms with Gasteiger partial charge in [0.25, 0.3) is 0 Å². The van der Waals surface area contributed by atoms with Gasteiger partial charge in [-0.1, -0.05) is 0 Å². The molecular formula is C12H10Cl2N6S. The number of aromatic nitrogens is 5. The third-order valence-electron chi connectivity index (χ3n) is 2.69. The summed E-state index contributed by atoms with van der Waals surface area (Å²) in [7, 11) is 0. The van der Waals surface area contributed by atoms with Crippen LogP contribution in [-0.2, 0) is 13.0 Å². The van der Waals surface area contributed by atoms with Crippen LogP contribution in [0.3, 0.4) is 0 Å². The summed E-state index contributed by atoms with van der Waals surface area (Å²) in [6, 6.07) is 2.12. The maximum atomic E-state index is 5.72. The SMILES string of the molecule is Clc1nc(Cl)nc(Nc2cn(CCc3ccsc3)cn2)n1. The van der Waals surface area contributed by atoms with Gasteiger partial charge in [0.15, 0.2) is 5.82 Å². The molecule has 0 aliphatic carbocycles. The molecule has 0 saturated carbocycles. The van der Waals surface area contributed by atoms with E-state index in [9.17, 15) is 0 Å². The van der Waals surface area contributed by atoms with Gasteiger partial charge in [0.05, 0.1) is 6.33 Å². The Bertz CT molecular complexity index is 707. The van der Waals surface area contributed by atoms with Gasteiger partial charge in [-0.25, -0.2) is 4.98 Å². The van der Waals surface area contributed by atoms with Crippen molar-refractivity contribution in [3.63, 3.8) is 0 Å². The maximum absolute atomic E-state index is 5.72. The number of rotatable bonds is 5. The van der Waals surface area contributed by atoms with Crippen molar-refractivity contribution in [1.29, 1.82) is 0 Å². The van der Waals surface area contributed by atoms with E-state index in [0.29, 0.717) is 5.82 Å². The van der Waals surface area contributed by atoms with Crippen LogP contribution in [0.25, 0.3) is 0 Å². The Morgan fingerprint density at radius 1 is 1.19 bits per heavy atom. The summed E-state index contributed by atoms with van der Waals surface area (Å²) in [6.45, 7) is 0.851. The van der Waals surface area contributed by atoms with Gasteiger partial charge in [-0.05, 0) is 52.0 Å². The van der Waals surface area contributed by atoms with Crippen molar-refractivity contribution >= 4 is 46.3 Å². The van der Waals surface area contributed by atoms with E-state index in [0.717, 1.165) is 13.0 Å². The third-order valence-corrected chi connectivity index (χ3v) is 3.76. The Hall–Kier alpha value is -1.70. The van der Waals surface area contributed by atoms with Crippen LogP contribution in [0.15, 0.2) is 29.4 Å². The molecule has 6 nitrogen and oxygen atoms in total. The van der Waals surface area contributed by atoms with E-state index in [4.69, 9.17) is 23.2 Å². The molecule has 3 aromatic rings. The van der Waals surface area contributed by atoms with Gasteiger partial charge in [0.2, 0.25) is 16.5 Å². The number of halogens is 2. The average molecular weight is 341 g/mol. The molecule has 0 radical (unpaired) electrons. The number of imidazole rings is 1. The monoisotopic (exact) mass is 340 g/mol. The Labute approximate surface area is 134 Å². The molecule has 9 heteroatoms. The number of thiophene rings is 1. The summed E-state index contributed by atoms with van der Waals surface area (Å²) in [6.07, 6.45) is 4.58. The summed E-state index contributed by atoms with van der Waals surface area (Å²) in [5, 5.41) is 7.23. The summed E-state index contributed by atoms with van der Waals surface area (Å²) in [4.78, 5) is 15.8. The van der Waals surface area contributed by atoms with Crippen LogP contribution in [0.2, 0.25) is 10.6 Å². The quantitative estimate of drug-likeness (QED) is 0.770. The first-order chi connectivity index (χ1) is 10.2. The third kappa shape index (κ3) is 3.90. The summed E-state index contributed by atoms with van der Waals surface area (Å²) < 4.78 is 1.99. The standard InChI is InChI=1S/C12H10Cl2N6S/c13-10-17-11(14)19-12(18-10)16-9-5-20(7-15-9)3-1-8-2-4-21-6-8/h2,4-7H,1,3H2,(H,16,17,18,19). The zero-order valence-corrected chi connectivity index (χ0v) is 13.0. The van der Waals surface area contributed by atoms with E-state index >= 15 is 0 Å². The molecule has 0 fully saturated rings. The first kappa shape index (κ1) is 14.2. The van der Waals surface area contributed by atoms with Crippen LogP contribution < -0.4 is 5.32 Å². The second-order valence-electron chi connectivity index (χ2n) is 4.20. The molecule has 1 N–H and O–H groups in total. The Balaban J connectivity index is 1.64. The van der Waals surface area contributed by atoms with Crippen LogP contribution in [-0.4, -0.2) is 24.5 Å². The Kier molecular flexibility index (Phi) is 4.33. The molecule has 0 aliphatic heterocycles. The molecule has 0 amide bonds. The number of anilines is 2. The van der Waals surface area contributed by atoms with Gasteiger partial charge in [0.1, 0.15) is 0 Å². The predicted molar refractivity (Wildman–Crippen MR) is 83.4 cm³/mol. The minimum Gasteiger partial charge on any atom is -0.335 e. The van der Waals surface area contributed by atoms with Crippen LogP contribution in [0.4, 0.5) is 11.8 Å². The van der Waals surface area contributed by atoms with E-state index in [1.807, 2.05) is 10.8 Å². The molecule has 3 heterocycles. The van der Waals surface area contributed by atoms with E-state index in [2.05, 4.69) is 42.1 Å². The molecule has 108 valence electrons. The number of hydrogen-bond donors (Lipinski definition) is 1. The van der Waals surface area contributed by atoms with Gasteiger partial charge in [-0.3, -0.25) is 0 Å². The highest BCUT2D eigenvalue weighted by atomic mass is 35.5. The van der Waals surface area contributed by atoms with Crippen molar-refractivity contribution in [1.82, 2.24) is 24.5 Å². The lowest BCUT2D eigenvalue weighted by molar-refractivity contribution is 0.697. The highest BCUT2D eigenvalue weighted by Gasteiger charge is 2.05. The van der Waals surface area contributed by atoms with Crippen LogP contribution in [0.5, 0.6) is 0 Å². The molecule has 0 atom stereocenters. The molecule has 3 rings (SSSR count). The molecule has 3 aromatic heterocycles. The fourth-order valence-corrected chi connectivity index (χ4v) is 2.80. The Morgan fingerprint density at radius 3 is 2.71 bits per heavy atom. The van der Waals surface area contributed by atoms with Gasteiger partial charge in [0, 0.05) is 12.7 Å². The highest BCUT2D eigenvalue weighted by Crippen LogP contribution is 2.15. The minimum absolute atomic E-state index is 0.0365. The second-order valence-corrected chi connectivity index (χ2v) is 5.66. The van der Waals surface area contributed by atoms with Gasteiger partial charge >= 0.3 is 0 Å². The fraction of sp³-hybridized carbons (Fsp3) is 0.167. The molecular weight excluding hydrogens is 331 g/mol. The van der Waals surface area contributed by atoms with Gasteiger partial charge in [-0.2, -0.15) is 26.3 Å². The topological polar surface area (TPSA) is 68.5 Å². The van der Waals surface area contributed by atoms with Crippen molar-refractivity contribution in [2.24, 2.45) is 0 Å². The zero-order chi connectivity index (χ0) is 14.7. The average Bonchev–Trinajstić information content (AvgIpc) is 3.06. The van der Waals surface area contributed by atoms with Crippen molar-refractivity contribution in [2.45, 2.75) is 13.0 Å². The second kappa shape index (κ2) is 6.38. The number of hydrogen-bond acceptors (Lipinski definition) is 6. The molecule has 0 spiro atoms. The number of nitrogens with one attached hydrogen (secondary N) is 1. The van der Waals surface area contributed by atoms with E-state index in [-0.39, 0.29) is 16.5 Å². The van der Waals surface area contributed by atoms with Crippen molar-refractivity contribution in [3.05, 3.63) is 45.5 Å². The molecule has 0 saturated heterocycles. The number of nitrogens with zero attached hydrogens (tertiary/aromatic N) is 5. The highest BCUT2D eigenvalue weighted by molar-refractivity contribution is 7.07. The minimum atomic E-state index is 0.0365. The molecule has 0 unspecified atom stereocenters. The van der Waals surface area contributed by atoms with Crippen molar-refractivity contribution in [3.8, 4) is 0 Å².